The molecular formula is C19H40N4O. The van der Waals surface area contributed by atoms with Gasteiger partial charge in [-0.3, -0.25) is 4.99 Å². The second-order valence-corrected chi connectivity index (χ2v) is 7.19. The number of nitrogens with one attached hydrogen (secondary N) is 2. The summed E-state index contributed by atoms with van der Waals surface area (Å²) in [5.74, 6) is 2.32. The summed E-state index contributed by atoms with van der Waals surface area (Å²) < 4.78 is 0. The molecule has 1 aliphatic heterocycles. The number of aliphatic hydroxyl groups is 1. The molecule has 0 bridgehead atoms. The van der Waals surface area contributed by atoms with E-state index in [1.807, 2.05) is 0 Å². The quantitative estimate of drug-likeness (QED) is 0.307. The average molecular weight is 341 g/mol. The van der Waals surface area contributed by atoms with Crippen molar-refractivity contribution in [2.45, 2.75) is 59.3 Å². The van der Waals surface area contributed by atoms with Crippen LogP contribution in [0.15, 0.2) is 4.99 Å². The number of rotatable bonds is 11. The molecule has 1 rings (SSSR count). The number of aliphatic imine (C=N–C) groups is 1. The van der Waals surface area contributed by atoms with Crippen molar-refractivity contribution in [1.29, 1.82) is 0 Å². The highest BCUT2D eigenvalue weighted by atomic mass is 16.3. The average Bonchev–Trinajstić information content (AvgIpc) is 2.58. The van der Waals surface area contributed by atoms with Crippen molar-refractivity contribution in [3.05, 3.63) is 0 Å². The Labute approximate surface area is 149 Å². The summed E-state index contributed by atoms with van der Waals surface area (Å²) in [7, 11) is 0. The molecule has 1 fully saturated rings. The Morgan fingerprint density at radius 1 is 1.21 bits per heavy atom. The Hall–Kier alpha value is -0.810. The monoisotopic (exact) mass is 340 g/mol. The van der Waals surface area contributed by atoms with Crippen LogP contribution in [-0.2, 0) is 0 Å². The third-order valence-electron chi connectivity index (χ3n) is 4.91. The first-order chi connectivity index (χ1) is 11.7. The van der Waals surface area contributed by atoms with Crippen molar-refractivity contribution in [3.63, 3.8) is 0 Å². The van der Waals surface area contributed by atoms with Gasteiger partial charge in [-0.2, -0.15) is 0 Å². The molecule has 3 N–H and O–H groups in total. The van der Waals surface area contributed by atoms with Crippen molar-refractivity contribution >= 4 is 5.96 Å². The Balaban J connectivity index is 2.27. The molecule has 1 saturated heterocycles. The molecule has 0 aromatic heterocycles. The van der Waals surface area contributed by atoms with E-state index in [0.717, 1.165) is 57.2 Å². The first kappa shape index (κ1) is 21.2. The van der Waals surface area contributed by atoms with E-state index in [0.29, 0.717) is 5.92 Å². The van der Waals surface area contributed by atoms with Gasteiger partial charge in [0.15, 0.2) is 5.96 Å². The lowest BCUT2D eigenvalue weighted by Crippen LogP contribution is -2.40. The molecule has 0 amide bonds. The second kappa shape index (κ2) is 13.5. The molecule has 0 aromatic carbocycles. The van der Waals surface area contributed by atoms with Gasteiger partial charge < -0.3 is 20.6 Å². The highest BCUT2D eigenvalue weighted by Crippen LogP contribution is 2.15. The Morgan fingerprint density at radius 2 is 1.96 bits per heavy atom. The predicted octanol–water partition coefficient (Wildman–Crippen LogP) is 2.46. The van der Waals surface area contributed by atoms with Crippen LogP contribution in [0.4, 0.5) is 0 Å². The van der Waals surface area contributed by atoms with E-state index in [4.69, 9.17) is 10.1 Å². The normalized spacial score (nSPS) is 18.6. The summed E-state index contributed by atoms with van der Waals surface area (Å²) in [5.41, 5.74) is 0. The predicted molar refractivity (Wildman–Crippen MR) is 104 cm³/mol. The molecule has 5 heteroatoms. The zero-order valence-corrected chi connectivity index (χ0v) is 16.2. The first-order valence-electron chi connectivity index (χ1n) is 10.0. The zero-order valence-electron chi connectivity index (χ0n) is 16.2. The van der Waals surface area contributed by atoms with Gasteiger partial charge in [0, 0.05) is 26.2 Å². The van der Waals surface area contributed by atoms with Gasteiger partial charge in [-0.25, -0.2) is 0 Å². The van der Waals surface area contributed by atoms with E-state index in [1.165, 1.54) is 32.5 Å². The van der Waals surface area contributed by atoms with Gasteiger partial charge in [-0.05, 0) is 70.5 Å². The number of hydrogen-bond acceptors (Lipinski definition) is 3. The van der Waals surface area contributed by atoms with E-state index in [1.54, 1.807) is 0 Å². The van der Waals surface area contributed by atoms with E-state index in [2.05, 4.69) is 36.3 Å². The minimum Gasteiger partial charge on any atom is -0.396 e. The number of piperidine rings is 1. The maximum Gasteiger partial charge on any atom is 0.191 e. The number of nitrogens with zero attached hydrogens (tertiary/aromatic N) is 2. The molecule has 142 valence electrons. The number of hydrogen-bond donors (Lipinski definition) is 3. The fraction of sp³-hybridized carbons (Fsp3) is 0.947. The van der Waals surface area contributed by atoms with Crippen molar-refractivity contribution in [3.8, 4) is 0 Å². The van der Waals surface area contributed by atoms with Gasteiger partial charge in [-0.15, -0.1) is 0 Å². The maximum atomic E-state index is 9.16. The summed E-state index contributed by atoms with van der Waals surface area (Å²) in [6, 6.07) is 0. The molecule has 1 heterocycles. The van der Waals surface area contributed by atoms with Crippen molar-refractivity contribution < 1.29 is 5.11 Å². The summed E-state index contributed by atoms with van der Waals surface area (Å²) >= 11 is 0. The smallest absolute Gasteiger partial charge is 0.191 e. The van der Waals surface area contributed by atoms with Gasteiger partial charge in [0.2, 0.25) is 0 Å². The summed E-state index contributed by atoms with van der Waals surface area (Å²) in [6.07, 6.45) is 7.00. The van der Waals surface area contributed by atoms with Gasteiger partial charge in [0.25, 0.3) is 0 Å². The summed E-state index contributed by atoms with van der Waals surface area (Å²) in [5, 5.41) is 15.9. The van der Waals surface area contributed by atoms with Gasteiger partial charge in [0.05, 0.1) is 0 Å². The molecular weight excluding hydrogens is 300 g/mol. The van der Waals surface area contributed by atoms with Crippen LogP contribution < -0.4 is 10.6 Å². The topological polar surface area (TPSA) is 59.9 Å². The molecule has 1 atom stereocenters. The van der Waals surface area contributed by atoms with Crippen molar-refractivity contribution in [1.82, 2.24) is 15.5 Å². The Kier molecular flexibility index (Phi) is 11.9. The standard InChI is InChI=1S/C19H40N4O/c1-4-7-18(10-15-24)16-22-19(20-5-2)21-11-6-12-23-13-8-17(3)9-14-23/h17-18,24H,4-16H2,1-3H3,(H2,20,21,22). The number of aliphatic hydroxyl groups excluding tert-OH is 1. The first-order valence-corrected chi connectivity index (χ1v) is 10.0. The SMILES string of the molecule is CCCC(CCO)CN=C(NCC)NCCCN1CCC(C)CC1. The van der Waals surface area contributed by atoms with Crippen LogP contribution in [0.5, 0.6) is 0 Å². The minimum absolute atomic E-state index is 0.263. The lowest BCUT2D eigenvalue weighted by Gasteiger charge is -2.30. The molecule has 0 aromatic rings. The molecule has 24 heavy (non-hydrogen) atoms. The minimum atomic E-state index is 0.263. The fourth-order valence-corrected chi connectivity index (χ4v) is 3.27. The molecule has 5 nitrogen and oxygen atoms in total. The van der Waals surface area contributed by atoms with Crippen LogP contribution in [0.25, 0.3) is 0 Å². The summed E-state index contributed by atoms with van der Waals surface area (Å²) in [4.78, 5) is 7.30. The summed E-state index contributed by atoms with van der Waals surface area (Å²) in [6.45, 7) is 13.3. The third-order valence-corrected chi connectivity index (χ3v) is 4.91. The lowest BCUT2D eigenvalue weighted by molar-refractivity contribution is 0.191. The fourth-order valence-electron chi connectivity index (χ4n) is 3.27. The number of likely N-dealkylation sites (tertiary alicyclic amines) is 1. The van der Waals surface area contributed by atoms with Crippen LogP contribution in [-0.4, -0.2) is 61.8 Å². The molecule has 1 aliphatic rings. The molecule has 0 spiro atoms. The molecule has 0 aliphatic carbocycles. The highest BCUT2D eigenvalue weighted by molar-refractivity contribution is 5.79. The largest absolute Gasteiger partial charge is 0.396 e. The van der Waals surface area contributed by atoms with E-state index >= 15 is 0 Å². The molecule has 0 radical (unpaired) electrons. The molecule has 1 unspecified atom stereocenters. The van der Waals surface area contributed by atoms with Crippen LogP contribution in [0.2, 0.25) is 0 Å². The Morgan fingerprint density at radius 3 is 2.58 bits per heavy atom. The van der Waals surface area contributed by atoms with Gasteiger partial charge in [-0.1, -0.05) is 20.3 Å². The van der Waals surface area contributed by atoms with Crippen molar-refractivity contribution in [2.75, 3.05) is 45.9 Å². The third kappa shape index (κ3) is 9.48. The van der Waals surface area contributed by atoms with Crippen LogP contribution in [0.3, 0.4) is 0 Å². The maximum absolute atomic E-state index is 9.16. The number of guanidine groups is 1. The van der Waals surface area contributed by atoms with Gasteiger partial charge >= 0.3 is 0 Å². The van der Waals surface area contributed by atoms with Crippen LogP contribution >= 0.6 is 0 Å². The lowest BCUT2D eigenvalue weighted by atomic mass is 9.99. The molecule has 0 saturated carbocycles. The van der Waals surface area contributed by atoms with Gasteiger partial charge in [0.1, 0.15) is 0 Å². The van der Waals surface area contributed by atoms with Crippen LogP contribution in [0, 0.1) is 11.8 Å². The zero-order chi connectivity index (χ0) is 17.6. The van der Waals surface area contributed by atoms with Crippen LogP contribution in [0.1, 0.15) is 59.3 Å². The second-order valence-electron chi connectivity index (χ2n) is 7.19. The van der Waals surface area contributed by atoms with Crippen molar-refractivity contribution in [2.24, 2.45) is 16.8 Å². The highest BCUT2D eigenvalue weighted by Gasteiger charge is 2.14. The van der Waals surface area contributed by atoms with E-state index in [9.17, 15) is 0 Å². The van der Waals surface area contributed by atoms with E-state index in [-0.39, 0.29) is 6.61 Å². The van der Waals surface area contributed by atoms with E-state index < -0.39 is 0 Å². The Bertz CT molecular complexity index is 321.